The molecule has 3 heteroatoms. The van der Waals surface area contributed by atoms with E-state index in [1.54, 1.807) is 7.11 Å². The Morgan fingerprint density at radius 1 is 1.47 bits per heavy atom. The van der Waals surface area contributed by atoms with E-state index in [-0.39, 0.29) is 5.60 Å². The first-order valence-electron chi connectivity index (χ1n) is 5.05. The van der Waals surface area contributed by atoms with E-state index in [4.69, 9.17) is 21.1 Å². The highest BCUT2D eigenvalue weighted by Gasteiger charge is 2.36. The molecule has 1 aromatic rings. The van der Waals surface area contributed by atoms with Gasteiger partial charge in [-0.15, -0.1) is 0 Å². The first-order valence-corrected chi connectivity index (χ1v) is 5.43. The van der Waals surface area contributed by atoms with Crippen LogP contribution in [0.3, 0.4) is 0 Å². The molecule has 0 aromatic heterocycles. The molecule has 2 rings (SSSR count). The zero-order chi connectivity index (χ0) is 11.1. The summed E-state index contributed by atoms with van der Waals surface area (Å²) in [5.41, 5.74) is 2.18. The van der Waals surface area contributed by atoms with Gasteiger partial charge in [-0.25, -0.2) is 0 Å². The molecule has 0 bridgehead atoms. The second-order valence-electron chi connectivity index (χ2n) is 4.13. The van der Waals surface area contributed by atoms with E-state index in [1.807, 2.05) is 12.1 Å². The topological polar surface area (TPSA) is 18.5 Å². The van der Waals surface area contributed by atoms with Crippen molar-refractivity contribution in [1.82, 2.24) is 0 Å². The number of benzene rings is 1. The van der Waals surface area contributed by atoms with Crippen LogP contribution in [0.4, 0.5) is 0 Å². The maximum Gasteiger partial charge on any atom is 0.137 e. The summed E-state index contributed by atoms with van der Waals surface area (Å²) in [5, 5.41) is 0.648. The minimum Gasteiger partial charge on any atom is -0.495 e. The molecule has 0 radical (unpaired) electrons. The van der Waals surface area contributed by atoms with Crippen LogP contribution in [0.25, 0.3) is 0 Å². The number of ether oxygens (including phenoxy) is 2. The molecule has 1 aliphatic heterocycles. The van der Waals surface area contributed by atoms with Crippen molar-refractivity contribution in [3.63, 3.8) is 0 Å². The maximum atomic E-state index is 6.11. The average molecular weight is 227 g/mol. The number of aryl methyl sites for hydroxylation is 1. The zero-order valence-electron chi connectivity index (χ0n) is 9.26. The first kappa shape index (κ1) is 10.8. The molecular formula is C12H15ClO2. The quantitative estimate of drug-likeness (QED) is 0.771. The van der Waals surface area contributed by atoms with Crippen molar-refractivity contribution in [2.75, 3.05) is 13.7 Å². The Morgan fingerprint density at radius 2 is 2.13 bits per heavy atom. The fourth-order valence-corrected chi connectivity index (χ4v) is 2.24. The second kappa shape index (κ2) is 3.69. The monoisotopic (exact) mass is 226 g/mol. The van der Waals surface area contributed by atoms with Gasteiger partial charge in [0.1, 0.15) is 5.75 Å². The SMILES string of the molecule is COc1cc(C)c(C2(C)CCO2)cc1Cl. The van der Waals surface area contributed by atoms with Gasteiger partial charge in [0.15, 0.2) is 0 Å². The minimum atomic E-state index is -0.153. The van der Waals surface area contributed by atoms with Gasteiger partial charge >= 0.3 is 0 Å². The Balaban J connectivity index is 2.45. The van der Waals surface area contributed by atoms with Gasteiger partial charge in [0.2, 0.25) is 0 Å². The van der Waals surface area contributed by atoms with Crippen LogP contribution in [0.5, 0.6) is 5.75 Å². The van der Waals surface area contributed by atoms with Gasteiger partial charge < -0.3 is 9.47 Å². The predicted octanol–water partition coefficient (Wildman–Crippen LogP) is 3.29. The molecule has 1 fully saturated rings. The van der Waals surface area contributed by atoms with Crippen molar-refractivity contribution in [2.45, 2.75) is 25.9 Å². The lowest BCUT2D eigenvalue weighted by Gasteiger charge is -2.40. The van der Waals surface area contributed by atoms with Crippen LogP contribution in [-0.2, 0) is 10.3 Å². The van der Waals surface area contributed by atoms with E-state index < -0.39 is 0 Å². The summed E-state index contributed by atoms with van der Waals surface area (Å²) < 4.78 is 10.8. The highest BCUT2D eigenvalue weighted by Crippen LogP contribution is 2.41. The molecule has 1 aromatic carbocycles. The Labute approximate surface area is 95.1 Å². The van der Waals surface area contributed by atoms with Crippen LogP contribution in [0, 0.1) is 6.92 Å². The van der Waals surface area contributed by atoms with Gasteiger partial charge in [0.25, 0.3) is 0 Å². The summed E-state index contributed by atoms with van der Waals surface area (Å²) in [7, 11) is 1.63. The summed E-state index contributed by atoms with van der Waals surface area (Å²) in [6, 6.07) is 3.92. The average Bonchev–Trinajstić information content (AvgIpc) is 2.17. The van der Waals surface area contributed by atoms with Crippen molar-refractivity contribution in [2.24, 2.45) is 0 Å². The second-order valence-corrected chi connectivity index (χ2v) is 4.54. The molecule has 0 N–H and O–H groups in total. The summed E-state index contributed by atoms with van der Waals surface area (Å²) in [4.78, 5) is 0. The third-order valence-electron chi connectivity index (χ3n) is 3.07. The molecule has 1 aliphatic rings. The number of halogens is 1. The molecule has 1 atom stereocenters. The lowest BCUT2D eigenvalue weighted by Crippen LogP contribution is -2.38. The van der Waals surface area contributed by atoms with Crippen LogP contribution in [-0.4, -0.2) is 13.7 Å². The van der Waals surface area contributed by atoms with Crippen molar-refractivity contribution >= 4 is 11.6 Å². The molecule has 82 valence electrons. The van der Waals surface area contributed by atoms with Crippen LogP contribution in [0.1, 0.15) is 24.5 Å². The van der Waals surface area contributed by atoms with Crippen LogP contribution in [0.2, 0.25) is 5.02 Å². The van der Waals surface area contributed by atoms with Gasteiger partial charge in [-0.3, -0.25) is 0 Å². The van der Waals surface area contributed by atoms with E-state index in [0.717, 1.165) is 18.8 Å². The molecule has 2 nitrogen and oxygen atoms in total. The third kappa shape index (κ3) is 1.72. The van der Waals surface area contributed by atoms with Gasteiger partial charge in [-0.1, -0.05) is 11.6 Å². The van der Waals surface area contributed by atoms with Crippen LogP contribution in [0.15, 0.2) is 12.1 Å². The molecule has 0 spiro atoms. The highest BCUT2D eigenvalue weighted by atomic mass is 35.5. The summed E-state index contributed by atoms with van der Waals surface area (Å²) in [6.07, 6.45) is 1.05. The van der Waals surface area contributed by atoms with Crippen LogP contribution >= 0.6 is 11.6 Å². The minimum absolute atomic E-state index is 0.153. The van der Waals surface area contributed by atoms with E-state index in [9.17, 15) is 0 Å². The van der Waals surface area contributed by atoms with Gasteiger partial charge in [-0.05, 0) is 37.1 Å². The fraction of sp³-hybridized carbons (Fsp3) is 0.500. The molecule has 0 amide bonds. The Bertz CT molecular complexity index is 383. The van der Waals surface area contributed by atoms with E-state index in [2.05, 4.69) is 13.8 Å². The Kier molecular flexibility index (Phi) is 2.65. The van der Waals surface area contributed by atoms with Crippen molar-refractivity contribution in [3.8, 4) is 5.75 Å². The molecule has 0 aliphatic carbocycles. The van der Waals surface area contributed by atoms with Gasteiger partial charge in [0, 0.05) is 6.42 Å². The normalized spacial score (nSPS) is 24.8. The van der Waals surface area contributed by atoms with Gasteiger partial charge in [0.05, 0.1) is 24.3 Å². The Hall–Kier alpha value is -0.730. The van der Waals surface area contributed by atoms with Crippen molar-refractivity contribution in [3.05, 3.63) is 28.3 Å². The fourth-order valence-electron chi connectivity index (χ4n) is 2.00. The largest absolute Gasteiger partial charge is 0.495 e. The summed E-state index contributed by atoms with van der Waals surface area (Å²) >= 11 is 6.11. The molecule has 0 saturated carbocycles. The zero-order valence-corrected chi connectivity index (χ0v) is 10.0. The molecule has 1 saturated heterocycles. The van der Waals surface area contributed by atoms with Crippen molar-refractivity contribution in [1.29, 1.82) is 0 Å². The molecule has 1 unspecified atom stereocenters. The predicted molar refractivity (Wildman–Crippen MR) is 60.7 cm³/mol. The number of hydrogen-bond acceptors (Lipinski definition) is 2. The molecule has 1 heterocycles. The van der Waals surface area contributed by atoms with E-state index in [0.29, 0.717) is 5.02 Å². The number of methoxy groups -OCH3 is 1. The lowest BCUT2D eigenvalue weighted by atomic mass is 9.85. The smallest absolute Gasteiger partial charge is 0.137 e. The Morgan fingerprint density at radius 3 is 2.60 bits per heavy atom. The highest BCUT2D eigenvalue weighted by molar-refractivity contribution is 6.32. The van der Waals surface area contributed by atoms with E-state index >= 15 is 0 Å². The van der Waals surface area contributed by atoms with Crippen LogP contribution < -0.4 is 4.74 Å². The lowest BCUT2D eigenvalue weighted by molar-refractivity contribution is -0.141. The number of rotatable bonds is 2. The third-order valence-corrected chi connectivity index (χ3v) is 3.36. The maximum absolute atomic E-state index is 6.11. The molecule has 15 heavy (non-hydrogen) atoms. The van der Waals surface area contributed by atoms with Gasteiger partial charge in [-0.2, -0.15) is 0 Å². The first-order chi connectivity index (χ1) is 7.07. The summed E-state index contributed by atoms with van der Waals surface area (Å²) in [5.74, 6) is 0.723. The number of hydrogen-bond donors (Lipinski definition) is 0. The van der Waals surface area contributed by atoms with E-state index in [1.165, 1.54) is 11.1 Å². The molecular weight excluding hydrogens is 212 g/mol. The summed E-state index contributed by atoms with van der Waals surface area (Å²) in [6.45, 7) is 4.99. The van der Waals surface area contributed by atoms with Crippen molar-refractivity contribution < 1.29 is 9.47 Å². The standard InChI is InChI=1S/C12H15ClO2/c1-8-6-11(14-3)10(13)7-9(8)12(2)4-5-15-12/h6-7H,4-5H2,1-3H3.